The second-order valence-corrected chi connectivity index (χ2v) is 5.14. The van der Waals surface area contributed by atoms with Crippen LogP contribution in [0.3, 0.4) is 0 Å². The summed E-state index contributed by atoms with van der Waals surface area (Å²) in [6, 6.07) is 4.50. The SMILES string of the molecule is CCOCC(C)NCc1cn[nH]c1-c1cccs1. The van der Waals surface area contributed by atoms with Crippen LogP contribution >= 0.6 is 11.3 Å². The molecule has 1 atom stereocenters. The molecule has 0 radical (unpaired) electrons. The molecule has 4 nitrogen and oxygen atoms in total. The van der Waals surface area contributed by atoms with Crippen LogP contribution < -0.4 is 5.32 Å². The van der Waals surface area contributed by atoms with Crippen LogP contribution in [-0.4, -0.2) is 29.5 Å². The first-order chi connectivity index (χ1) is 8.81. The highest BCUT2D eigenvalue weighted by Crippen LogP contribution is 2.25. The van der Waals surface area contributed by atoms with Crippen LogP contribution in [0.5, 0.6) is 0 Å². The quantitative estimate of drug-likeness (QED) is 0.809. The topological polar surface area (TPSA) is 49.9 Å². The maximum atomic E-state index is 5.38. The summed E-state index contributed by atoms with van der Waals surface area (Å²) < 4.78 is 5.38. The molecule has 2 heterocycles. The predicted octanol–water partition coefficient (Wildman–Crippen LogP) is 2.65. The van der Waals surface area contributed by atoms with Gasteiger partial charge in [0.05, 0.1) is 23.4 Å². The van der Waals surface area contributed by atoms with E-state index in [1.807, 2.05) is 13.1 Å². The van der Waals surface area contributed by atoms with Crippen molar-refractivity contribution in [2.75, 3.05) is 13.2 Å². The summed E-state index contributed by atoms with van der Waals surface area (Å²) in [5, 5.41) is 12.7. The molecule has 0 aliphatic rings. The second-order valence-electron chi connectivity index (χ2n) is 4.19. The normalized spacial score (nSPS) is 12.8. The van der Waals surface area contributed by atoms with Gasteiger partial charge in [-0.1, -0.05) is 6.07 Å². The van der Waals surface area contributed by atoms with Crippen LogP contribution in [0.15, 0.2) is 23.7 Å². The van der Waals surface area contributed by atoms with Crippen LogP contribution in [0.25, 0.3) is 10.6 Å². The van der Waals surface area contributed by atoms with E-state index in [2.05, 4.69) is 40.0 Å². The van der Waals surface area contributed by atoms with Crippen molar-refractivity contribution in [3.63, 3.8) is 0 Å². The fourth-order valence-electron chi connectivity index (χ4n) is 1.72. The highest BCUT2D eigenvalue weighted by Gasteiger charge is 2.09. The van der Waals surface area contributed by atoms with Crippen LogP contribution in [0.1, 0.15) is 19.4 Å². The van der Waals surface area contributed by atoms with Crippen LogP contribution in [0.2, 0.25) is 0 Å². The fourth-order valence-corrected chi connectivity index (χ4v) is 2.47. The van der Waals surface area contributed by atoms with Gasteiger partial charge in [0.2, 0.25) is 0 Å². The van der Waals surface area contributed by atoms with E-state index in [1.165, 1.54) is 10.4 Å². The number of aromatic amines is 1. The van der Waals surface area contributed by atoms with Crippen molar-refractivity contribution >= 4 is 11.3 Å². The lowest BCUT2D eigenvalue weighted by molar-refractivity contribution is 0.127. The van der Waals surface area contributed by atoms with E-state index in [0.717, 1.165) is 25.5 Å². The molecule has 18 heavy (non-hydrogen) atoms. The average Bonchev–Trinajstić information content (AvgIpc) is 3.03. The predicted molar refractivity (Wildman–Crippen MR) is 74.7 cm³/mol. The first-order valence-electron chi connectivity index (χ1n) is 6.18. The van der Waals surface area contributed by atoms with E-state index in [-0.39, 0.29) is 0 Å². The van der Waals surface area contributed by atoms with Crippen molar-refractivity contribution in [3.8, 4) is 10.6 Å². The molecule has 2 rings (SSSR count). The number of ether oxygens (including phenoxy) is 1. The van der Waals surface area contributed by atoms with E-state index in [4.69, 9.17) is 4.74 Å². The molecule has 0 amide bonds. The van der Waals surface area contributed by atoms with Crippen LogP contribution in [0, 0.1) is 0 Å². The molecule has 0 fully saturated rings. The molecular weight excluding hydrogens is 246 g/mol. The Morgan fingerprint density at radius 3 is 3.17 bits per heavy atom. The summed E-state index contributed by atoms with van der Waals surface area (Å²) in [6.07, 6.45) is 1.88. The Bertz CT molecular complexity index is 453. The molecule has 5 heteroatoms. The second kappa shape index (κ2) is 6.68. The molecule has 2 aromatic rings. The number of H-pyrrole nitrogens is 1. The monoisotopic (exact) mass is 265 g/mol. The number of thiophene rings is 1. The zero-order chi connectivity index (χ0) is 12.8. The van der Waals surface area contributed by atoms with Gasteiger partial charge in [0.15, 0.2) is 0 Å². The van der Waals surface area contributed by atoms with Crippen molar-refractivity contribution in [3.05, 3.63) is 29.3 Å². The van der Waals surface area contributed by atoms with Gasteiger partial charge in [-0.3, -0.25) is 5.10 Å². The minimum atomic E-state index is 0.344. The van der Waals surface area contributed by atoms with Gasteiger partial charge < -0.3 is 10.1 Å². The number of nitrogens with zero attached hydrogens (tertiary/aromatic N) is 1. The van der Waals surface area contributed by atoms with E-state index in [9.17, 15) is 0 Å². The van der Waals surface area contributed by atoms with Gasteiger partial charge in [0.25, 0.3) is 0 Å². The number of hydrogen-bond donors (Lipinski definition) is 2. The number of rotatable bonds is 7. The molecule has 2 aromatic heterocycles. The largest absolute Gasteiger partial charge is 0.380 e. The molecular formula is C13H19N3OS. The van der Waals surface area contributed by atoms with Gasteiger partial charge in [-0.2, -0.15) is 5.10 Å². The molecule has 0 aliphatic carbocycles. The standard InChI is InChI=1S/C13H19N3OS/c1-3-17-9-10(2)14-7-11-8-15-16-13(11)12-5-4-6-18-12/h4-6,8,10,14H,3,7,9H2,1-2H3,(H,15,16). The molecule has 0 bridgehead atoms. The smallest absolute Gasteiger partial charge is 0.0794 e. The average molecular weight is 265 g/mol. The Kier molecular flexibility index (Phi) is 4.92. The third-order valence-electron chi connectivity index (χ3n) is 2.70. The summed E-state index contributed by atoms with van der Waals surface area (Å²) >= 11 is 1.72. The van der Waals surface area contributed by atoms with Gasteiger partial charge in [-0.25, -0.2) is 0 Å². The molecule has 1 unspecified atom stereocenters. The van der Waals surface area contributed by atoms with Crippen molar-refractivity contribution in [1.29, 1.82) is 0 Å². The lowest BCUT2D eigenvalue weighted by Gasteiger charge is -2.13. The van der Waals surface area contributed by atoms with Crippen molar-refractivity contribution in [2.45, 2.75) is 26.4 Å². The summed E-state index contributed by atoms with van der Waals surface area (Å²) in [4.78, 5) is 1.22. The van der Waals surface area contributed by atoms with Crippen molar-refractivity contribution in [2.24, 2.45) is 0 Å². The first-order valence-corrected chi connectivity index (χ1v) is 7.06. The zero-order valence-corrected chi connectivity index (χ0v) is 11.6. The summed E-state index contributed by atoms with van der Waals surface area (Å²) in [7, 11) is 0. The number of nitrogens with one attached hydrogen (secondary N) is 2. The van der Waals surface area contributed by atoms with Gasteiger partial charge >= 0.3 is 0 Å². The Morgan fingerprint density at radius 1 is 1.56 bits per heavy atom. The molecule has 0 aliphatic heterocycles. The van der Waals surface area contributed by atoms with Gasteiger partial charge in [0.1, 0.15) is 0 Å². The van der Waals surface area contributed by atoms with Crippen molar-refractivity contribution in [1.82, 2.24) is 15.5 Å². The van der Waals surface area contributed by atoms with E-state index < -0.39 is 0 Å². The number of aromatic nitrogens is 2. The molecule has 0 saturated carbocycles. The third kappa shape index (κ3) is 3.41. The minimum absolute atomic E-state index is 0.344. The van der Waals surface area contributed by atoms with Gasteiger partial charge in [-0.05, 0) is 25.3 Å². The molecule has 0 saturated heterocycles. The third-order valence-corrected chi connectivity index (χ3v) is 3.59. The molecule has 0 aromatic carbocycles. The Hall–Kier alpha value is -1.17. The zero-order valence-electron chi connectivity index (χ0n) is 10.8. The maximum absolute atomic E-state index is 5.38. The molecule has 98 valence electrons. The summed E-state index contributed by atoms with van der Waals surface area (Å²) in [5.41, 5.74) is 2.31. The summed E-state index contributed by atoms with van der Waals surface area (Å²) in [5.74, 6) is 0. The maximum Gasteiger partial charge on any atom is 0.0794 e. The Labute approximate surface area is 111 Å². The van der Waals surface area contributed by atoms with Gasteiger partial charge in [0, 0.05) is 24.8 Å². The molecule has 2 N–H and O–H groups in total. The van der Waals surface area contributed by atoms with E-state index in [0.29, 0.717) is 6.04 Å². The fraction of sp³-hybridized carbons (Fsp3) is 0.462. The minimum Gasteiger partial charge on any atom is -0.380 e. The highest BCUT2D eigenvalue weighted by atomic mass is 32.1. The van der Waals surface area contributed by atoms with E-state index in [1.54, 1.807) is 11.3 Å². The summed E-state index contributed by atoms with van der Waals surface area (Å²) in [6.45, 7) is 6.44. The number of hydrogen-bond acceptors (Lipinski definition) is 4. The Morgan fingerprint density at radius 2 is 2.44 bits per heavy atom. The molecule has 0 spiro atoms. The first kappa shape index (κ1) is 13.3. The van der Waals surface area contributed by atoms with Gasteiger partial charge in [-0.15, -0.1) is 11.3 Å². The van der Waals surface area contributed by atoms with Crippen molar-refractivity contribution < 1.29 is 4.74 Å². The van der Waals surface area contributed by atoms with Crippen LogP contribution in [-0.2, 0) is 11.3 Å². The highest BCUT2D eigenvalue weighted by molar-refractivity contribution is 7.13. The lowest BCUT2D eigenvalue weighted by atomic mass is 10.2. The van der Waals surface area contributed by atoms with E-state index >= 15 is 0 Å². The Balaban J connectivity index is 1.92. The lowest BCUT2D eigenvalue weighted by Crippen LogP contribution is -2.30. The van der Waals surface area contributed by atoms with Crippen LogP contribution in [0.4, 0.5) is 0 Å².